The first-order chi connectivity index (χ1) is 5.95. The zero-order valence-electron chi connectivity index (χ0n) is 9.59. The average molecular weight is 239 g/mol. The maximum atomic E-state index is 5.92. The minimum absolute atomic E-state index is 0.889. The molecule has 0 heterocycles. The maximum Gasteiger partial charge on any atom is 0.479 e. The summed E-state index contributed by atoms with van der Waals surface area (Å²) in [4.78, 5) is 0. The van der Waals surface area contributed by atoms with Crippen molar-refractivity contribution in [1.82, 2.24) is 0 Å². The normalized spacial score (nSPS) is 12.9. The number of hydrogen-bond acceptors (Lipinski definition) is 3. The quantitative estimate of drug-likeness (QED) is 0.658. The van der Waals surface area contributed by atoms with Crippen LogP contribution in [0.15, 0.2) is 0 Å². The monoisotopic (exact) mass is 238 g/mol. The van der Waals surface area contributed by atoms with Gasteiger partial charge in [-0.3, -0.25) is 0 Å². The van der Waals surface area contributed by atoms with Gasteiger partial charge in [0.2, 0.25) is 0 Å². The van der Waals surface area contributed by atoms with Crippen molar-refractivity contribution in [3.8, 4) is 0 Å². The van der Waals surface area contributed by atoms with Crippen molar-refractivity contribution in [3.63, 3.8) is 0 Å². The molecule has 0 aromatic carbocycles. The summed E-state index contributed by atoms with van der Waals surface area (Å²) in [5.41, 5.74) is 0. The summed E-state index contributed by atoms with van der Waals surface area (Å²) in [6.45, 7) is 10.7. The van der Waals surface area contributed by atoms with Crippen molar-refractivity contribution in [2.45, 2.75) is 39.2 Å². The first-order valence-electron chi connectivity index (χ1n) is 4.86. The fraction of sp³-hybridized carbons (Fsp3) is 1.00. The molecule has 0 rings (SSSR count). The fourth-order valence-corrected chi connectivity index (χ4v) is 10.0. The topological polar surface area (TPSA) is 27.7 Å². The molecule has 0 N–H and O–H groups in total. The van der Waals surface area contributed by atoms with Gasteiger partial charge in [0, 0.05) is 13.2 Å². The van der Waals surface area contributed by atoms with E-state index in [-0.39, 0.29) is 0 Å². The second-order valence-electron chi connectivity index (χ2n) is 3.57. The van der Waals surface area contributed by atoms with Crippen LogP contribution in [0.5, 0.6) is 0 Å². The van der Waals surface area contributed by atoms with Crippen LogP contribution in [0.25, 0.3) is 0 Å². The number of rotatable bonds is 6. The molecule has 0 aliphatic carbocycles. The minimum atomic E-state index is -2.25. The third-order valence-corrected chi connectivity index (χ3v) is 9.71. The summed E-state index contributed by atoms with van der Waals surface area (Å²) in [6.07, 6.45) is 0. The maximum absolute atomic E-state index is 5.92. The van der Waals surface area contributed by atoms with Crippen LogP contribution in [-0.2, 0) is 12.7 Å². The molecule has 0 spiro atoms. The Morgan fingerprint density at radius 2 is 1.38 bits per heavy atom. The second-order valence-corrected chi connectivity index (χ2v) is 12.1. The lowest BCUT2D eigenvalue weighted by atomic mass is 11.0. The van der Waals surface area contributed by atoms with Crippen LogP contribution >= 0.6 is 0 Å². The molecular formula is C7H22O3Si3. The molecule has 0 unspecified atom stereocenters. The lowest BCUT2D eigenvalue weighted by molar-refractivity contribution is 0.209. The zero-order valence-corrected chi connectivity index (χ0v) is 12.9. The van der Waals surface area contributed by atoms with Crippen molar-refractivity contribution in [2.75, 3.05) is 7.11 Å². The third-order valence-electron chi connectivity index (χ3n) is 1.57. The van der Waals surface area contributed by atoms with Gasteiger partial charge in [-0.15, -0.1) is 0 Å². The summed E-state index contributed by atoms with van der Waals surface area (Å²) in [5.74, 6) is 0. The Balaban J connectivity index is 4.30. The molecule has 0 radical (unpaired) electrons. The Bertz CT molecular complexity index is 125. The molecule has 0 fully saturated rings. The van der Waals surface area contributed by atoms with E-state index >= 15 is 0 Å². The Morgan fingerprint density at radius 3 is 1.54 bits per heavy atom. The van der Waals surface area contributed by atoms with Crippen molar-refractivity contribution in [1.29, 1.82) is 0 Å². The molecule has 80 valence electrons. The van der Waals surface area contributed by atoms with Gasteiger partial charge in [-0.1, -0.05) is 6.92 Å². The SMILES string of the molecule is CC[Si](OC)(O[SiH](C)C)O[SiH](C)C. The Hall–Kier alpha value is 0.531. The van der Waals surface area contributed by atoms with Gasteiger partial charge in [0.05, 0.1) is 0 Å². The molecule has 0 atom stereocenters. The van der Waals surface area contributed by atoms with Crippen LogP contribution in [0.4, 0.5) is 0 Å². The molecule has 0 aromatic rings. The van der Waals surface area contributed by atoms with E-state index in [0.29, 0.717) is 0 Å². The Labute approximate surface area is 86.2 Å². The van der Waals surface area contributed by atoms with Gasteiger partial charge in [0.1, 0.15) is 0 Å². The van der Waals surface area contributed by atoms with Gasteiger partial charge in [-0.05, 0) is 26.2 Å². The highest BCUT2D eigenvalue weighted by Crippen LogP contribution is 2.16. The molecule has 0 saturated heterocycles. The standard InChI is InChI=1S/C7H22O3Si3/c1-7-13(8-2,9-11(3)4)10-12(5)6/h11-12H,7H2,1-6H3. The molecule has 0 bridgehead atoms. The average Bonchev–Trinajstić information content (AvgIpc) is 2.01. The lowest BCUT2D eigenvalue weighted by Crippen LogP contribution is -2.49. The summed E-state index contributed by atoms with van der Waals surface area (Å²) in [6, 6.07) is 0.889. The highest BCUT2D eigenvalue weighted by atomic mass is 28.5. The molecule has 0 aromatic heterocycles. The van der Waals surface area contributed by atoms with E-state index < -0.39 is 26.9 Å². The van der Waals surface area contributed by atoms with Crippen LogP contribution in [0, 0.1) is 0 Å². The summed E-state index contributed by atoms with van der Waals surface area (Å²) in [7, 11) is -2.65. The van der Waals surface area contributed by atoms with Crippen molar-refractivity contribution < 1.29 is 12.7 Å². The van der Waals surface area contributed by atoms with Gasteiger partial charge >= 0.3 is 8.80 Å². The molecule has 0 aliphatic rings. The van der Waals surface area contributed by atoms with E-state index in [4.69, 9.17) is 12.7 Å². The molecule has 0 amide bonds. The van der Waals surface area contributed by atoms with Crippen LogP contribution in [0.1, 0.15) is 6.92 Å². The molecule has 13 heavy (non-hydrogen) atoms. The Kier molecular flexibility index (Phi) is 6.35. The Morgan fingerprint density at radius 1 is 1.00 bits per heavy atom. The minimum Gasteiger partial charge on any atom is -0.419 e. The van der Waals surface area contributed by atoms with Gasteiger partial charge < -0.3 is 12.7 Å². The second kappa shape index (κ2) is 6.10. The van der Waals surface area contributed by atoms with E-state index in [1.807, 2.05) is 0 Å². The fourth-order valence-electron chi connectivity index (χ4n) is 1.15. The van der Waals surface area contributed by atoms with Crippen molar-refractivity contribution >= 4 is 26.9 Å². The largest absolute Gasteiger partial charge is 0.479 e. The summed E-state index contributed by atoms with van der Waals surface area (Å²) >= 11 is 0. The van der Waals surface area contributed by atoms with Gasteiger partial charge in [-0.2, -0.15) is 0 Å². The summed E-state index contributed by atoms with van der Waals surface area (Å²) in [5, 5.41) is 0. The molecule has 3 nitrogen and oxygen atoms in total. The number of hydrogen-bond donors (Lipinski definition) is 0. The molecular weight excluding hydrogens is 216 g/mol. The predicted molar refractivity (Wildman–Crippen MR) is 63.2 cm³/mol. The van der Waals surface area contributed by atoms with Crippen LogP contribution in [0.3, 0.4) is 0 Å². The zero-order chi connectivity index (χ0) is 10.5. The molecule has 0 saturated carbocycles. The molecule has 6 heteroatoms. The van der Waals surface area contributed by atoms with Gasteiger partial charge in [0.15, 0.2) is 18.1 Å². The van der Waals surface area contributed by atoms with E-state index in [1.165, 1.54) is 0 Å². The highest BCUT2D eigenvalue weighted by Gasteiger charge is 2.39. The van der Waals surface area contributed by atoms with Crippen molar-refractivity contribution in [3.05, 3.63) is 0 Å². The van der Waals surface area contributed by atoms with E-state index in [2.05, 4.69) is 33.1 Å². The van der Waals surface area contributed by atoms with Gasteiger partial charge in [0.25, 0.3) is 0 Å². The molecule has 0 aliphatic heterocycles. The van der Waals surface area contributed by atoms with Gasteiger partial charge in [-0.25, -0.2) is 0 Å². The van der Waals surface area contributed by atoms with E-state index in [1.54, 1.807) is 7.11 Å². The van der Waals surface area contributed by atoms with Crippen LogP contribution in [0.2, 0.25) is 32.2 Å². The summed E-state index contributed by atoms with van der Waals surface area (Å²) < 4.78 is 17.3. The third kappa shape index (κ3) is 5.09. The highest BCUT2D eigenvalue weighted by molar-refractivity contribution is 6.75. The predicted octanol–water partition coefficient (Wildman–Crippen LogP) is 1.59. The van der Waals surface area contributed by atoms with Crippen LogP contribution < -0.4 is 0 Å². The van der Waals surface area contributed by atoms with Crippen molar-refractivity contribution in [2.24, 2.45) is 0 Å². The lowest BCUT2D eigenvalue weighted by Gasteiger charge is -2.31. The van der Waals surface area contributed by atoms with E-state index in [9.17, 15) is 0 Å². The van der Waals surface area contributed by atoms with Crippen LogP contribution in [-0.4, -0.2) is 34.0 Å². The first kappa shape index (κ1) is 13.5. The first-order valence-corrected chi connectivity index (χ1v) is 12.4. The smallest absolute Gasteiger partial charge is 0.419 e. The van der Waals surface area contributed by atoms with E-state index in [0.717, 1.165) is 6.04 Å².